The standard InChI is InChI=1S/C17H34N2O6S/c1-19(2,15-17(21)22)13-10-12-18-16(20)11-8-6-4-3-5-7-9-14-26(23,24)25/h3-15H2,1-2H3,(H2-,18,20,21,22,23,24,25)/p+1. The summed E-state index contributed by atoms with van der Waals surface area (Å²) in [5, 5.41) is 11.7. The van der Waals surface area contributed by atoms with Crippen molar-refractivity contribution in [2.75, 3.05) is 39.5 Å². The van der Waals surface area contributed by atoms with Crippen molar-refractivity contribution in [3.8, 4) is 0 Å². The topological polar surface area (TPSA) is 121 Å². The Morgan fingerprint density at radius 3 is 2.00 bits per heavy atom. The second kappa shape index (κ2) is 13.1. The highest BCUT2D eigenvalue weighted by molar-refractivity contribution is 7.85. The zero-order chi connectivity index (χ0) is 20.1. The van der Waals surface area contributed by atoms with Crippen LogP contribution in [0.1, 0.15) is 57.8 Å². The van der Waals surface area contributed by atoms with Crippen molar-refractivity contribution < 1.29 is 32.1 Å². The Hall–Kier alpha value is -1.19. The fourth-order valence-electron chi connectivity index (χ4n) is 2.72. The van der Waals surface area contributed by atoms with Crippen molar-refractivity contribution >= 4 is 22.0 Å². The molecule has 1 amide bonds. The van der Waals surface area contributed by atoms with E-state index in [0.717, 1.165) is 44.9 Å². The molecule has 9 heteroatoms. The molecule has 0 saturated carbocycles. The molecule has 0 heterocycles. The molecule has 0 saturated heterocycles. The summed E-state index contributed by atoms with van der Waals surface area (Å²) in [6.45, 7) is 1.34. The van der Waals surface area contributed by atoms with Crippen LogP contribution in [0.25, 0.3) is 0 Å². The van der Waals surface area contributed by atoms with Gasteiger partial charge in [0.2, 0.25) is 5.91 Å². The van der Waals surface area contributed by atoms with Crippen LogP contribution in [0.4, 0.5) is 0 Å². The molecule has 0 aromatic heterocycles. The number of carboxylic acids is 1. The molecule has 0 aromatic rings. The average molecular weight is 396 g/mol. The molecule has 0 spiro atoms. The summed E-state index contributed by atoms with van der Waals surface area (Å²) < 4.78 is 30.1. The van der Waals surface area contributed by atoms with Crippen molar-refractivity contribution in [2.24, 2.45) is 0 Å². The number of nitrogens with zero attached hydrogens (tertiary/aromatic N) is 1. The minimum atomic E-state index is -3.83. The summed E-state index contributed by atoms with van der Waals surface area (Å²) in [7, 11) is -0.110. The van der Waals surface area contributed by atoms with Gasteiger partial charge in [-0.2, -0.15) is 8.42 Å². The molecule has 0 aromatic carbocycles. The minimum absolute atomic E-state index is 0.0293. The number of carboxylic acid groups (broad SMARTS) is 1. The molecule has 0 rings (SSSR count). The molecule has 0 atom stereocenters. The van der Waals surface area contributed by atoms with Gasteiger partial charge in [0, 0.05) is 19.4 Å². The minimum Gasteiger partial charge on any atom is -0.477 e. The van der Waals surface area contributed by atoms with E-state index in [-0.39, 0.29) is 18.2 Å². The van der Waals surface area contributed by atoms with E-state index in [4.69, 9.17) is 9.66 Å². The second-order valence-corrected chi connectivity index (χ2v) is 9.00. The van der Waals surface area contributed by atoms with Crippen LogP contribution in [0.3, 0.4) is 0 Å². The Kier molecular flexibility index (Phi) is 12.5. The van der Waals surface area contributed by atoms with Gasteiger partial charge in [-0.3, -0.25) is 9.35 Å². The molecule has 0 aliphatic rings. The molecule has 0 bridgehead atoms. The van der Waals surface area contributed by atoms with Crippen molar-refractivity contribution in [2.45, 2.75) is 57.8 Å². The zero-order valence-corrected chi connectivity index (χ0v) is 16.9. The van der Waals surface area contributed by atoms with E-state index in [1.807, 2.05) is 14.1 Å². The average Bonchev–Trinajstić information content (AvgIpc) is 2.47. The van der Waals surface area contributed by atoms with Crippen molar-refractivity contribution in [1.29, 1.82) is 0 Å². The SMILES string of the molecule is C[N+](C)(CCCNC(=O)CCCCCCCCCS(=O)(=O)O)CC(=O)O. The van der Waals surface area contributed by atoms with Gasteiger partial charge >= 0.3 is 5.97 Å². The van der Waals surface area contributed by atoms with Crippen LogP contribution in [-0.4, -0.2) is 73.9 Å². The highest BCUT2D eigenvalue weighted by atomic mass is 32.2. The van der Waals surface area contributed by atoms with E-state index >= 15 is 0 Å². The third kappa shape index (κ3) is 17.6. The number of aliphatic carboxylic acids is 1. The largest absolute Gasteiger partial charge is 0.477 e. The quantitative estimate of drug-likeness (QED) is 0.208. The van der Waals surface area contributed by atoms with Gasteiger partial charge in [0.25, 0.3) is 10.1 Å². The van der Waals surface area contributed by atoms with Crippen LogP contribution in [0.15, 0.2) is 0 Å². The molecule has 8 nitrogen and oxygen atoms in total. The molecule has 26 heavy (non-hydrogen) atoms. The Bertz CT molecular complexity index is 519. The normalized spacial score (nSPS) is 12.1. The lowest BCUT2D eigenvalue weighted by Gasteiger charge is -2.27. The molecular formula is C17H35N2O6S+. The van der Waals surface area contributed by atoms with E-state index in [0.29, 0.717) is 30.4 Å². The van der Waals surface area contributed by atoms with E-state index < -0.39 is 16.1 Å². The summed E-state index contributed by atoms with van der Waals surface area (Å²) in [5.41, 5.74) is 0. The third-order valence-electron chi connectivity index (χ3n) is 4.13. The third-order valence-corrected chi connectivity index (χ3v) is 4.94. The summed E-state index contributed by atoms with van der Waals surface area (Å²) in [4.78, 5) is 22.4. The number of rotatable bonds is 16. The molecule has 154 valence electrons. The molecule has 0 aliphatic carbocycles. The summed E-state index contributed by atoms with van der Waals surface area (Å²) in [6, 6.07) is 0. The van der Waals surface area contributed by atoms with Gasteiger partial charge in [0.1, 0.15) is 0 Å². The maximum absolute atomic E-state index is 11.7. The van der Waals surface area contributed by atoms with Crippen molar-refractivity contribution in [3.63, 3.8) is 0 Å². The van der Waals surface area contributed by atoms with Gasteiger partial charge in [-0.15, -0.1) is 0 Å². The van der Waals surface area contributed by atoms with Crippen molar-refractivity contribution in [1.82, 2.24) is 5.32 Å². The first-order valence-corrected chi connectivity index (χ1v) is 10.9. The summed E-state index contributed by atoms with van der Waals surface area (Å²) >= 11 is 0. The van der Waals surface area contributed by atoms with E-state index in [2.05, 4.69) is 5.32 Å². The second-order valence-electron chi connectivity index (χ2n) is 7.43. The van der Waals surface area contributed by atoms with Crippen LogP contribution < -0.4 is 5.32 Å². The van der Waals surface area contributed by atoms with Crippen LogP contribution in [0.5, 0.6) is 0 Å². The Morgan fingerprint density at radius 2 is 1.46 bits per heavy atom. The highest BCUT2D eigenvalue weighted by Gasteiger charge is 2.18. The number of nitrogens with one attached hydrogen (secondary N) is 1. The lowest BCUT2D eigenvalue weighted by molar-refractivity contribution is -0.883. The van der Waals surface area contributed by atoms with E-state index in [1.54, 1.807) is 0 Å². The molecule has 0 radical (unpaired) electrons. The monoisotopic (exact) mass is 395 g/mol. The molecule has 0 fully saturated rings. The maximum atomic E-state index is 11.7. The Labute approximate surface area is 157 Å². The number of carbonyl (C=O) groups is 2. The van der Waals surface area contributed by atoms with Crippen molar-refractivity contribution in [3.05, 3.63) is 0 Å². The fourth-order valence-corrected chi connectivity index (χ4v) is 3.29. The van der Waals surface area contributed by atoms with Crippen LogP contribution in [0.2, 0.25) is 0 Å². The zero-order valence-electron chi connectivity index (χ0n) is 16.1. The highest BCUT2D eigenvalue weighted by Crippen LogP contribution is 2.09. The van der Waals surface area contributed by atoms with Crippen LogP contribution in [0, 0.1) is 0 Å². The van der Waals surface area contributed by atoms with Gasteiger partial charge in [-0.25, -0.2) is 4.79 Å². The fraction of sp³-hybridized carbons (Fsp3) is 0.882. The van der Waals surface area contributed by atoms with E-state index in [9.17, 15) is 18.0 Å². The Morgan fingerprint density at radius 1 is 0.923 bits per heavy atom. The molecule has 3 N–H and O–H groups in total. The van der Waals surface area contributed by atoms with Gasteiger partial charge in [0.05, 0.1) is 26.4 Å². The first kappa shape index (κ1) is 24.8. The number of carbonyl (C=O) groups excluding carboxylic acids is 1. The smallest absolute Gasteiger partial charge is 0.359 e. The predicted molar refractivity (Wildman–Crippen MR) is 100 cm³/mol. The van der Waals surface area contributed by atoms with Crippen LogP contribution >= 0.6 is 0 Å². The lowest BCUT2D eigenvalue weighted by Crippen LogP contribution is -2.45. The molecular weight excluding hydrogens is 360 g/mol. The number of amides is 1. The maximum Gasteiger partial charge on any atom is 0.359 e. The number of likely N-dealkylation sites (N-methyl/N-ethyl adjacent to an activating group) is 1. The van der Waals surface area contributed by atoms with Gasteiger partial charge in [0.15, 0.2) is 6.54 Å². The van der Waals surface area contributed by atoms with Gasteiger partial charge in [-0.05, 0) is 12.8 Å². The van der Waals surface area contributed by atoms with E-state index in [1.165, 1.54) is 0 Å². The lowest BCUT2D eigenvalue weighted by atomic mass is 10.1. The molecule has 0 aliphatic heterocycles. The Balaban J connectivity index is 3.49. The first-order valence-electron chi connectivity index (χ1n) is 9.27. The summed E-state index contributed by atoms with van der Waals surface area (Å²) in [6.07, 6.45) is 7.27. The number of hydrogen-bond donors (Lipinski definition) is 3. The van der Waals surface area contributed by atoms with Gasteiger partial charge in [-0.1, -0.05) is 32.1 Å². The van der Waals surface area contributed by atoms with Crippen LogP contribution in [-0.2, 0) is 19.7 Å². The number of unbranched alkanes of at least 4 members (excludes halogenated alkanes) is 6. The van der Waals surface area contributed by atoms with Gasteiger partial charge < -0.3 is 14.9 Å². The first-order chi connectivity index (χ1) is 12.0. The predicted octanol–water partition coefficient (Wildman–Crippen LogP) is 1.66. The number of quaternary nitrogens is 1. The molecule has 0 unspecified atom stereocenters. The summed E-state index contributed by atoms with van der Waals surface area (Å²) in [5.74, 6) is -0.960. The number of hydrogen-bond acceptors (Lipinski definition) is 4.